The summed E-state index contributed by atoms with van der Waals surface area (Å²) >= 11 is 0. The van der Waals surface area contributed by atoms with E-state index in [1.54, 1.807) is 32.4 Å². The molecule has 9 heteroatoms. The third-order valence-corrected chi connectivity index (χ3v) is 5.53. The Morgan fingerprint density at radius 2 is 1.97 bits per heavy atom. The summed E-state index contributed by atoms with van der Waals surface area (Å²) in [4.78, 5) is 21.1. The number of methoxy groups -OCH3 is 2. The fraction of sp³-hybridized carbons (Fsp3) is 0.636. The predicted molar refractivity (Wildman–Crippen MR) is 120 cm³/mol. The number of piperazine rings is 1. The first kappa shape index (κ1) is 23.1. The molecule has 1 saturated heterocycles. The Balaban J connectivity index is 1.57. The first-order chi connectivity index (χ1) is 15.0. The second-order valence-electron chi connectivity index (χ2n) is 7.92. The van der Waals surface area contributed by atoms with Gasteiger partial charge in [0.2, 0.25) is 5.91 Å². The van der Waals surface area contributed by atoms with Crippen LogP contribution in [-0.2, 0) is 4.79 Å². The number of rotatable bonds is 9. The van der Waals surface area contributed by atoms with Crippen LogP contribution in [0, 0.1) is 0 Å². The molecule has 3 N–H and O–H groups in total. The molecule has 3 rings (SSSR count). The molecule has 31 heavy (non-hydrogen) atoms. The van der Waals surface area contributed by atoms with Gasteiger partial charge in [-0.1, -0.05) is 0 Å². The van der Waals surface area contributed by atoms with E-state index in [4.69, 9.17) is 9.47 Å². The molecule has 0 spiro atoms. The number of carbonyl (C=O) groups is 1. The van der Waals surface area contributed by atoms with Crippen LogP contribution in [0.25, 0.3) is 0 Å². The molecule has 2 aliphatic rings. The van der Waals surface area contributed by atoms with Gasteiger partial charge in [0.15, 0.2) is 5.96 Å². The van der Waals surface area contributed by atoms with Crippen molar-refractivity contribution in [1.82, 2.24) is 20.4 Å². The van der Waals surface area contributed by atoms with Gasteiger partial charge in [-0.25, -0.2) is 0 Å². The van der Waals surface area contributed by atoms with Gasteiger partial charge in [0.1, 0.15) is 17.6 Å². The van der Waals surface area contributed by atoms with Crippen LogP contribution in [0.5, 0.6) is 11.5 Å². The zero-order chi connectivity index (χ0) is 22.2. The van der Waals surface area contributed by atoms with Crippen LogP contribution in [0.3, 0.4) is 0 Å². The quantitative estimate of drug-likeness (QED) is 0.387. The third-order valence-electron chi connectivity index (χ3n) is 5.53. The highest BCUT2D eigenvalue weighted by atomic mass is 16.5. The van der Waals surface area contributed by atoms with Crippen molar-refractivity contribution in [3.05, 3.63) is 23.8 Å². The fourth-order valence-corrected chi connectivity index (χ4v) is 3.62. The number of nitrogens with one attached hydrogen (secondary N) is 2. The zero-order valence-electron chi connectivity index (χ0n) is 18.8. The van der Waals surface area contributed by atoms with Crippen molar-refractivity contribution in [2.24, 2.45) is 4.99 Å². The van der Waals surface area contributed by atoms with Crippen molar-refractivity contribution in [2.75, 3.05) is 60.0 Å². The van der Waals surface area contributed by atoms with E-state index in [1.165, 1.54) is 0 Å². The SMILES string of the molecule is CCNC(=NCC(O)c1cc(OC)ccc1OC)N1CCN(CC(=O)NC2CC2)CC1. The number of aliphatic hydroxyl groups excluding tert-OH is 1. The maximum atomic E-state index is 12.0. The van der Waals surface area contributed by atoms with Gasteiger partial charge in [-0.3, -0.25) is 14.7 Å². The van der Waals surface area contributed by atoms with Crippen LogP contribution in [-0.4, -0.2) is 92.8 Å². The molecule has 1 aromatic carbocycles. The summed E-state index contributed by atoms with van der Waals surface area (Å²) in [5.41, 5.74) is 0.646. The van der Waals surface area contributed by atoms with Crippen LogP contribution in [0.1, 0.15) is 31.4 Å². The average Bonchev–Trinajstić information content (AvgIpc) is 3.60. The normalized spacial score (nSPS) is 18.5. The molecular weight excluding hydrogens is 398 g/mol. The summed E-state index contributed by atoms with van der Waals surface area (Å²) in [6.07, 6.45) is 1.40. The van der Waals surface area contributed by atoms with Gasteiger partial charge in [-0.15, -0.1) is 0 Å². The van der Waals surface area contributed by atoms with Crippen LogP contribution in [0.15, 0.2) is 23.2 Å². The van der Waals surface area contributed by atoms with Crippen molar-refractivity contribution in [3.8, 4) is 11.5 Å². The van der Waals surface area contributed by atoms with E-state index in [1.807, 2.05) is 6.92 Å². The molecule has 1 atom stereocenters. The second-order valence-corrected chi connectivity index (χ2v) is 7.92. The fourth-order valence-electron chi connectivity index (χ4n) is 3.62. The van der Waals surface area contributed by atoms with Gasteiger partial charge in [0.25, 0.3) is 0 Å². The van der Waals surface area contributed by atoms with Gasteiger partial charge < -0.3 is 30.1 Å². The molecule has 0 aromatic heterocycles. The molecule has 1 aliphatic heterocycles. The van der Waals surface area contributed by atoms with Gasteiger partial charge in [0.05, 0.1) is 27.3 Å². The molecule has 172 valence electrons. The summed E-state index contributed by atoms with van der Waals surface area (Å²) in [7, 11) is 3.17. The average molecular weight is 434 g/mol. The van der Waals surface area contributed by atoms with E-state index in [2.05, 4.69) is 25.4 Å². The van der Waals surface area contributed by atoms with E-state index < -0.39 is 6.10 Å². The minimum atomic E-state index is -0.814. The standard InChI is InChI=1S/C22H35N5O4/c1-4-23-22(24-14-19(28)18-13-17(30-2)7-8-20(18)31-3)27-11-9-26(10-12-27)15-21(29)25-16-5-6-16/h7-8,13,16,19,28H,4-6,9-12,14-15H2,1-3H3,(H,23,24)(H,25,29). The van der Waals surface area contributed by atoms with Crippen LogP contribution < -0.4 is 20.1 Å². The minimum absolute atomic E-state index is 0.117. The molecule has 1 unspecified atom stereocenters. The molecule has 1 amide bonds. The number of carbonyl (C=O) groups excluding carboxylic acids is 1. The molecule has 2 fully saturated rings. The highest BCUT2D eigenvalue weighted by Crippen LogP contribution is 2.29. The number of guanidine groups is 1. The lowest BCUT2D eigenvalue weighted by Crippen LogP contribution is -2.54. The topological polar surface area (TPSA) is 98.7 Å². The highest BCUT2D eigenvalue weighted by molar-refractivity contribution is 5.80. The number of nitrogens with zero attached hydrogens (tertiary/aromatic N) is 3. The second kappa shape index (κ2) is 11.2. The van der Waals surface area contributed by atoms with Crippen LogP contribution in [0.2, 0.25) is 0 Å². The Kier molecular flexibility index (Phi) is 8.36. The molecule has 0 radical (unpaired) electrons. The van der Waals surface area contributed by atoms with Gasteiger partial charge in [-0.05, 0) is 38.0 Å². The first-order valence-corrected chi connectivity index (χ1v) is 11.0. The monoisotopic (exact) mass is 433 g/mol. The van der Waals surface area contributed by atoms with Gasteiger partial charge >= 0.3 is 0 Å². The van der Waals surface area contributed by atoms with Gasteiger partial charge in [0, 0.05) is 44.3 Å². The minimum Gasteiger partial charge on any atom is -0.497 e. The van der Waals surface area contributed by atoms with Crippen molar-refractivity contribution in [3.63, 3.8) is 0 Å². The summed E-state index contributed by atoms with van der Waals surface area (Å²) in [5, 5.41) is 17.1. The number of aliphatic imine (C=N–C) groups is 1. The largest absolute Gasteiger partial charge is 0.497 e. The van der Waals surface area contributed by atoms with Gasteiger partial charge in [-0.2, -0.15) is 0 Å². The Bertz CT molecular complexity index is 760. The summed E-state index contributed by atoms with van der Waals surface area (Å²) in [5.74, 6) is 2.15. The lowest BCUT2D eigenvalue weighted by Gasteiger charge is -2.36. The van der Waals surface area contributed by atoms with Crippen molar-refractivity contribution < 1.29 is 19.4 Å². The van der Waals surface area contributed by atoms with Crippen molar-refractivity contribution in [1.29, 1.82) is 0 Å². The van der Waals surface area contributed by atoms with E-state index in [0.29, 0.717) is 29.6 Å². The molecule has 1 aliphatic carbocycles. The Morgan fingerprint density at radius 3 is 2.58 bits per heavy atom. The lowest BCUT2D eigenvalue weighted by molar-refractivity contribution is -0.122. The molecule has 1 saturated carbocycles. The van der Waals surface area contributed by atoms with E-state index in [-0.39, 0.29) is 12.5 Å². The first-order valence-electron chi connectivity index (χ1n) is 11.0. The van der Waals surface area contributed by atoms with Crippen LogP contribution in [0.4, 0.5) is 0 Å². The van der Waals surface area contributed by atoms with E-state index in [0.717, 1.165) is 51.5 Å². The van der Waals surface area contributed by atoms with Crippen LogP contribution >= 0.6 is 0 Å². The number of aliphatic hydroxyl groups is 1. The molecule has 9 nitrogen and oxygen atoms in total. The maximum Gasteiger partial charge on any atom is 0.234 e. The zero-order valence-corrected chi connectivity index (χ0v) is 18.8. The van der Waals surface area contributed by atoms with E-state index >= 15 is 0 Å². The molecule has 0 bridgehead atoms. The van der Waals surface area contributed by atoms with E-state index in [9.17, 15) is 9.90 Å². The Labute approximate surface area is 184 Å². The molecule has 1 heterocycles. The summed E-state index contributed by atoms with van der Waals surface area (Å²) < 4.78 is 10.6. The van der Waals surface area contributed by atoms with Crippen molar-refractivity contribution >= 4 is 11.9 Å². The number of hydrogen-bond donors (Lipinski definition) is 3. The number of hydrogen-bond acceptors (Lipinski definition) is 6. The Hall–Kier alpha value is -2.52. The smallest absolute Gasteiger partial charge is 0.234 e. The predicted octanol–water partition coefficient (Wildman–Crippen LogP) is 0.599. The molecule has 1 aromatic rings. The third kappa shape index (κ3) is 6.73. The number of amides is 1. The number of ether oxygens (including phenoxy) is 2. The summed E-state index contributed by atoms with van der Waals surface area (Å²) in [6.45, 7) is 6.57. The van der Waals surface area contributed by atoms with Crippen molar-refractivity contribution in [2.45, 2.75) is 31.9 Å². The summed E-state index contributed by atoms with van der Waals surface area (Å²) in [6, 6.07) is 5.76. The molecular formula is C22H35N5O4. The Morgan fingerprint density at radius 1 is 1.23 bits per heavy atom. The number of benzene rings is 1. The maximum absolute atomic E-state index is 12.0. The highest BCUT2D eigenvalue weighted by Gasteiger charge is 2.26. The lowest BCUT2D eigenvalue weighted by atomic mass is 10.1.